The number of halogens is 2. The van der Waals surface area contributed by atoms with Crippen LogP contribution in [0.1, 0.15) is 23.6 Å². The standard InChI is InChI=1S/C24H25ClFNO3/c1-3-29-23-13-19(15-27-14-17-6-10-21(28-2)11-7-17)12-22(25)24(23)30-16-18-4-8-20(26)9-5-18/h4-13,27H,3,14-16H2,1-2H3. The number of methoxy groups -OCH3 is 1. The fraction of sp³-hybridized carbons (Fsp3) is 0.250. The third-order valence-electron chi connectivity index (χ3n) is 4.48. The van der Waals surface area contributed by atoms with Crippen LogP contribution in [0.15, 0.2) is 60.7 Å². The minimum atomic E-state index is -0.279. The molecule has 4 nitrogen and oxygen atoms in total. The van der Waals surface area contributed by atoms with Gasteiger partial charge in [-0.1, -0.05) is 35.9 Å². The maximum absolute atomic E-state index is 13.1. The topological polar surface area (TPSA) is 39.7 Å². The van der Waals surface area contributed by atoms with Crippen LogP contribution in [0.2, 0.25) is 5.02 Å². The van der Waals surface area contributed by atoms with E-state index in [1.165, 1.54) is 12.1 Å². The molecule has 0 saturated carbocycles. The van der Waals surface area contributed by atoms with Gasteiger partial charge in [0.25, 0.3) is 0 Å². The Labute approximate surface area is 181 Å². The van der Waals surface area contributed by atoms with Crippen molar-refractivity contribution < 1.29 is 18.6 Å². The molecule has 0 aliphatic heterocycles. The Morgan fingerprint density at radius 3 is 2.20 bits per heavy atom. The fourth-order valence-corrected chi connectivity index (χ4v) is 3.24. The molecule has 0 unspecified atom stereocenters. The highest BCUT2D eigenvalue weighted by atomic mass is 35.5. The van der Waals surface area contributed by atoms with E-state index >= 15 is 0 Å². The Bertz CT molecular complexity index is 946. The third kappa shape index (κ3) is 6.12. The summed E-state index contributed by atoms with van der Waals surface area (Å²) < 4.78 is 29.9. The zero-order valence-corrected chi connectivity index (χ0v) is 17.8. The number of benzene rings is 3. The molecule has 0 radical (unpaired) electrons. The first-order valence-electron chi connectivity index (χ1n) is 9.75. The van der Waals surface area contributed by atoms with Gasteiger partial charge < -0.3 is 19.5 Å². The highest BCUT2D eigenvalue weighted by Crippen LogP contribution is 2.37. The van der Waals surface area contributed by atoms with E-state index in [0.29, 0.717) is 36.2 Å². The van der Waals surface area contributed by atoms with Gasteiger partial charge in [-0.25, -0.2) is 4.39 Å². The molecule has 0 amide bonds. The van der Waals surface area contributed by atoms with Gasteiger partial charge in [0, 0.05) is 13.1 Å². The number of ether oxygens (including phenoxy) is 3. The zero-order valence-electron chi connectivity index (χ0n) is 17.1. The molecule has 0 saturated heterocycles. The Kier molecular flexibility index (Phi) is 7.94. The van der Waals surface area contributed by atoms with Crippen LogP contribution in [-0.2, 0) is 19.7 Å². The summed E-state index contributed by atoms with van der Waals surface area (Å²) in [5.74, 6) is 1.64. The van der Waals surface area contributed by atoms with Gasteiger partial charge in [0.05, 0.1) is 18.7 Å². The lowest BCUT2D eigenvalue weighted by Gasteiger charge is -2.16. The van der Waals surface area contributed by atoms with Crippen molar-refractivity contribution in [1.82, 2.24) is 5.32 Å². The van der Waals surface area contributed by atoms with Gasteiger partial charge in [-0.15, -0.1) is 0 Å². The smallest absolute Gasteiger partial charge is 0.180 e. The summed E-state index contributed by atoms with van der Waals surface area (Å²) in [6, 6.07) is 17.9. The molecule has 3 aromatic rings. The molecule has 0 heterocycles. The minimum absolute atomic E-state index is 0.273. The van der Waals surface area contributed by atoms with Crippen LogP contribution in [0, 0.1) is 5.82 Å². The summed E-state index contributed by atoms with van der Waals surface area (Å²) >= 11 is 6.48. The van der Waals surface area contributed by atoms with E-state index in [2.05, 4.69) is 5.32 Å². The van der Waals surface area contributed by atoms with Crippen molar-refractivity contribution in [3.63, 3.8) is 0 Å². The summed E-state index contributed by atoms with van der Waals surface area (Å²) in [6.45, 7) is 4.02. The van der Waals surface area contributed by atoms with E-state index in [4.69, 9.17) is 25.8 Å². The predicted molar refractivity (Wildman–Crippen MR) is 117 cm³/mol. The second-order valence-corrected chi connectivity index (χ2v) is 7.11. The highest BCUT2D eigenvalue weighted by Gasteiger charge is 2.13. The second-order valence-electron chi connectivity index (χ2n) is 6.70. The Morgan fingerprint density at radius 1 is 0.867 bits per heavy atom. The van der Waals surface area contributed by atoms with Gasteiger partial charge in [-0.2, -0.15) is 0 Å². The second kappa shape index (κ2) is 10.9. The zero-order chi connectivity index (χ0) is 21.3. The number of nitrogens with one attached hydrogen (secondary N) is 1. The first kappa shape index (κ1) is 21.9. The molecular weight excluding hydrogens is 405 g/mol. The molecule has 158 valence electrons. The number of rotatable bonds is 10. The lowest BCUT2D eigenvalue weighted by Crippen LogP contribution is -2.13. The molecule has 0 aliphatic carbocycles. The maximum Gasteiger partial charge on any atom is 0.180 e. The SMILES string of the molecule is CCOc1cc(CNCc2ccc(OC)cc2)cc(Cl)c1OCc1ccc(F)cc1. The van der Waals surface area contributed by atoms with Crippen LogP contribution in [-0.4, -0.2) is 13.7 Å². The molecule has 0 fully saturated rings. The quantitative estimate of drug-likeness (QED) is 0.445. The van der Waals surface area contributed by atoms with Crippen LogP contribution in [0.3, 0.4) is 0 Å². The van der Waals surface area contributed by atoms with Crippen molar-refractivity contribution in [2.24, 2.45) is 0 Å². The van der Waals surface area contributed by atoms with E-state index < -0.39 is 0 Å². The summed E-state index contributed by atoms with van der Waals surface area (Å²) in [7, 11) is 1.65. The Morgan fingerprint density at radius 2 is 1.53 bits per heavy atom. The lowest BCUT2D eigenvalue weighted by atomic mass is 10.1. The van der Waals surface area contributed by atoms with Crippen LogP contribution in [0.5, 0.6) is 17.2 Å². The molecule has 0 bridgehead atoms. The van der Waals surface area contributed by atoms with Gasteiger partial charge in [0.15, 0.2) is 11.5 Å². The molecular formula is C24H25ClFNO3. The van der Waals surface area contributed by atoms with Crippen molar-refractivity contribution in [2.45, 2.75) is 26.6 Å². The van der Waals surface area contributed by atoms with Gasteiger partial charge >= 0.3 is 0 Å². The highest BCUT2D eigenvalue weighted by molar-refractivity contribution is 6.32. The van der Waals surface area contributed by atoms with Crippen LogP contribution in [0.25, 0.3) is 0 Å². The van der Waals surface area contributed by atoms with E-state index in [-0.39, 0.29) is 12.4 Å². The Balaban J connectivity index is 1.64. The number of hydrogen-bond acceptors (Lipinski definition) is 4. The molecule has 0 aromatic heterocycles. The third-order valence-corrected chi connectivity index (χ3v) is 4.76. The van der Waals surface area contributed by atoms with Crippen LogP contribution < -0.4 is 19.5 Å². The van der Waals surface area contributed by atoms with Crippen molar-refractivity contribution in [3.8, 4) is 17.2 Å². The molecule has 0 atom stereocenters. The fourth-order valence-electron chi connectivity index (χ4n) is 2.96. The molecule has 0 spiro atoms. The van der Waals surface area contributed by atoms with Crippen molar-refractivity contribution in [3.05, 3.63) is 88.2 Å². The Hall–Kier alpha value is -2.76. The lowest BCUT2D eigenvalue weighted by molar-refractivity contribution is 0.269. The first-order valence-corrected chi connectivity index (χ1v) is 10.1. The average Bonchev–Trinajstić information content (AvgIpc) is 2.75. The molecule has 30 heavy (non-hydrogen) atoms. The monoisotopic (exact) mass is 429 g/mol. The average molecular weight is 430 g/mol. The van der Waals surface area contributed by atoms with Gasteiger partial charge in [-0.3, -0.25) is 0 Å². The largest absolute Gasteiger partial charge is 0.497 e. The van der Waals surface area contributed by atoms with Gasteiger partial charge in [0.1, 0.15) is 18.2 Å². The van der Waals surface area contributed by atoms with E-state index in [9.17, 15) is 4.39 Å². The minimum Gasteiger partial charge on any atom is -0.497 e. The van der Waals surface area contributed by atoms with Crippen LogP contribution in [0.4, 0.5) is 4.39 Å². The van der Waals surface area contributed by atoms with Crippen molar-refractivity contribution in [1.29, 1.82) is 0 Å². The van der Waals surface area contributed by atoms with Crippen molar-refractivity contribution in [2.75, 3.05) is 13.7 Å². The van der Waals surface area contributed by atoms with E-state index in [1.807, 2.05) is 43.3 Å². The normalized spacial score (nSPS) is 10.7. The number of hydrogen-bond donors (Lipinski definition) is 1. The summed E-state index contributed by atoms with van der Waals surface area (Å²) in [5, 5.41) is 3.88. The molecule has 0 aliphatic rings. The van der Waals surface area contributed by atoms with E-state index in [0.717, 1.165) is 22.4 Å². The molecule has 3 aromatic carbocycles. The van der Waals surface area contributed by atoms with Gasteiger partial charge in [0.2, 0.25) is 0 Å². The molecule has 6 heteroatoms. The summed E-state index contributed by atoms with van der Waals surface area (Å²) in [6.07, 6.45) is 0. The first-order chi connectivity index (χ1) is 14.6. The van der Waals surface area contributed by atoms with Crippen molar-refractivity contribution >= 4 is 11.6 Å². The maximum atomic E-state index is 13.1. The summed E-state index contributed by atoms with van der Waals surface area (Å²) in [5.41, 5.74) is 3.00. The van der Waals surface area contributed by atoms with Crippen LogP contribution >= 0.6 is 11.6 Å². The molecule has 3 rings (SSSR count). The van der Waals surface area contributed by atoms with Gasteiger partial charge in [-0.05, 0) is 60.0 Å². The molecule has 1 N–H and O–H groups in total. The predicted octanol–water partition coefficient (Wildman–Crippen LogP) is 5.76. The summed E-state index contributed by atoms with van der Waals surface area (Å²) in [4.78, 5) is 0. The van der Waals surface area contributed by atoms with E-state index in [1.54, 1.807) is 19.2 Å².